The largest absolute Gasteiger partial charge is 0.497 e. The number of hydrogen-bond donors (Lipinski definition) is 0. The van der Waals surface area contributed by atoms with Gasteiger partial charge in [0.05, 0.1) is 12.8 Å². The van der Waals surface area contributed by atoms with Crippen LogP contribution in [-0.4, -0.2) is 40.8 Å². The maximum atomic E-state index is 14.2. The highest BCUT2D eigenvalue weighted by Gasteiger charge is 2.24. The number of hydrogen-bond acceptors (Lipinski definition) is 3. The van der Waals surface area contributed by atoms with Gasteiger partial charge < -0.3 is 9.64 Å². The third-order valence-corrected chi connectivity index (χ3v) is 4.62. The number of benzene rings is 1. The molecule has 0 saturated carbocycles. The van der Waals surface area contributed by atoms with E-state index in [4.69, 9.17) is 4.74 Å². The molecule has 5 nitrogen and oxygen atoms in total. The third-order valence-electron chi connectivity index (χ3n) is 4.62. The Labute approximate surface area is 141 Å². The van der Waals surface area contributed by atoms with E-state index in [1.54, 1.807) is 25.2 Å². The molecule has 2 aromatic rings. The van der Waals surface area contributed by atoms with Crippen molar-refractivity contribution in [3.8, 4) is 17.0 Å². The molecule has 0 spiro atoms. The second-order valence-electron chi connectivity index (χ2n) is 6.36. The monoisotopic (exact) mass is 331 g/mol. The first-order valence-corrected chi connectivity index (χ1v) is 8.17. The van der Waals surface area contributed by atoms with Gasteiger partial charge in [-0.25, -0.2) is 4.39 Å². The zero-order valence-electron chi connectivity index (χ0n) is 14.3. The van der Waals surface area contributed by atoms with Crippen molar-refractivity contribution in [2.45, 2.75) is 19.8 Å². The van der Waals surface area contributed by atoms with Crippen LogP contribution in [0.5, 0.6) is 5.75 Å². The summed E-state index contributed by atoms with van der Waals surface area (Å²) in [5, 5.41) is 4.32. The topological polar surface area (TPSA) is 47.4 Å². The first-order valence-electron chi connectivity index (χ1n) is 8.17. The van der Waals surface area contributed by atoms with Crippen molar-refractivity contribution in [1.29, 1.82) is 0 Å². The number of methoxy groups -OCH3 is 1. The van der Waals surface area contributed by atoms with E-state index in [-0.39, 0.29) is 5.91 Å². The summed E-state index contributed by atoms with van der Waals surface area (Å²) < 4.78 is 20.8. The Morgan fingerprint density at radius 1 is 1.29 bits per heavy atom. The van der Waals surface area contributed by atoms with Gasteiger partial charge in [0.25, 0.3) is 5.91 Å². The second-order valence-corrected chi connectivity index (χ2v) is 6.36. The Hall–Kier alpha value is -2.37. The lowest BCUT2D eigenvalue weighted by Gasteiger charge is -2.30. The molecule has 2 heterocycles. The van der Waals surface area contributed by atoms with Crippen LogP contribution in [-0.2, 0) is 7.05 Å². The van der Waals surface area contributed by atoms with E-state index in [2.05, 4.69) is 12.0 Å². The van der Waals surface area contributed by atoms with Crippen molar-refractivity contribution in [2.75, 3.05) is 20.2 Å². The Balaban J connectivity index is 1.86. The molecule has 1 fully saturated rings. The predicted molar refractivity (Wildman–Crippen MR) is 89.5 cm³/mol. The number of ether oxygens (including phenoxy) is 1. The van der Waals surface area contributed by atoms with Crippen molar-refractivity contribution in [1.82, 2.24) is 14.7 Å². The highest BCUT2D eigenvalue weighted by atomic mass is 19.1. The molecule has 128 valence electrons. The lowest BCUT2D eigenvalue weighted by Crippen LogP contribution is -2.38. The average Bonchev–Trinajstić information content (AvgIpc) is 2.96. The molecule has 0 unspecified atom stereocenters. The van der Waals surface area contributed by atoms with Crippen LogP contribution in [0.25, 0.3) is 11.3 Å². The predicted octanol–water partition coefficient (Wildman–Crippen LogP) is 3.11. The fraction of sp³-hybridized carbons (Fsp3) is 0.444. The molecule has 0 bridgehead atoms. The fourth-order valence-electron chi connectivity index (χ4n) is 3.00. The molecule has 1 aliphatic rings. The minimum absolute atomic E-state index is 0.0444. The quantitative estimate of drug-likeness (QED) is 0.868. The van der Waals surface area contributed by atoms with Gasteiger partial charge in [-0.3, -0.25) is 9.48 Å². The standard InChI is InChI=1S/C18H22FN3O2/c1-12-6-8-22(9-7-12)18(23)17-11-16(20-21(17)2)14-5-4-13(24-3)10-15(14)19/h4-5,10-12H,6-9H2,1-3H3. The molecular weight excluding hydrogens is 309 g/mol. The van der Waals surface area contributed by atoms with E-state index in [9.17, 15) is 9.18 Å². The van der Waals surface area contributed by atoms with Gasteiger partial charge in [-0.2, -0.15) is 5.10 Å². The van der Waals surface area contributed by atoms with Gasteiger partial charge in [0.1, 0.15) is 17.3 Å². The Kier molecular flexibility index (Phi) is 4.55. The van der Waals surface area contributed by atoms with E-state index < -0.39 is 5.82 Å². The highest BCUT2D eigenvalue weighted by Crippen LogP contribution is 2.26. The summed E-state index contributed by atoms with van der Waals surface area (Å²) in [6.45, 7) is 3.73. The van der Waals surface area contributed by atoms with Crippen LogP contribution in [0.3, 0.4) is 0 Å². The maximum Gasteiger partial charge on any atom is 0.272 e. The summed E-state index contributed by atoms with van der Waals surface area (Å²) in [6.07, 6.45) is 2.03. The summed E-state index contributed by atoms with van der Waals surface area (Å²) in [4.78, 5) is 14.6. The lowest BCUT2D eigenvalue weighted by molar-refractivity contribution is 0.0686. The minimum atomic E-state index is -0.418. The second kappa shape index (κ2) is 6.63. The highest BCUT2D eigenvalue weighted by molar-refractivity contribution is 5.93. The molecule has 0 radical (unpaired) electrons. The van der Waals surface area contributed by atoms with Gasteiger partial charge in [-0.1, -0.05) is 6.92 Å². The van der Waals surface area contributed by atoms with Crippen LogP contribution >= 0.6 is 0 Å². The van der Waals surface area contributed by atoms with E-state index in [0.29, 0.717) is 28.6 Å². The van der Waals surface area contributed by atoms with E-state index in [1.165, 1.54) is 17.9 Å². The summed E-state index contributed by atoms with van der Waals surface area (Å²) in [5.41, 5.74) is 1.29. The Morgan fingerprint density at radius 2 is 2.00 bits per heavy atom. The molecule has 1 aromatic carbocycles. The van der Waals surface area contributed by atoms with Gasteiger partial charge in [0, 0.05) is 31.8 Å². The van der Waals surface area contributed by atoms with Crippen LogP contribution in [0.15, 0.2) is 24.3 Å². The van der Waals surface area contributed by atoms with Crippen molar-refractivity contribution in [3.63, 3.8) is 0 Å². The summed E-state index contributed by atoms with van der Waals surface area (Å²) in [6, 6.07) is 6.27. The normalized spacial score (nSPS) is 15.6. The molecule has 6 heteroatoms. The summed E-state index contributed by atoms with van der Waals surface area (Å²) in [7, 11) is 3.20. The number of amides is 1. The number of piperidine rings is 1. The molecule has 1 amide bonds. The van der Waals surface area contributed by atoms with Crippen LogP contribution < -0.4 is 4.74 Å². The van der Waals surface area contributed by atoms with Crippen molar-refractivity contribution < 1.29 is 13.9 Å². The number of rotatable bonds is 3. The van der Waals surface area contributed by atoms with Crippen molar-refractivity contribution >= 4 is 5.91 Å². The number of aryl methyl sites for hydroxylation is 1. The maximum absolute atomic E-state index is 14.2. The first kappa shape index (κ1) is 16.5. The molecule has 3 rings (SSSR count). The molecule has 0 N–H and O–H groups in total. The van der Waals surface area contributed by atoms with Crippen LogP contribution in [0.2, 0.25) is 0 Å². The van der Waals surface area contributed by atoms with Crippen LogP contribution in [0, 0.1) is 11.7 Å². The number of nitrogens with zero attached hydrogens (tertiary/aromatic N) is 3. The lowest BCUT2D eigenvalue weighted by atomic mass is 9.99. The Morgan fingerprint density at radius 3 is 2.62 bits per heavy atom. The third kappa shape index (κ3) is 3.13. The molecule has 0 atom stereocenters. The molecule has 1 aliphatic heterocycles. The zero-order valence-corrected chi connectivity index (χ0v) is 14.3. The van der Waals surface area contributed by atoms with Crippen LogP contribution in [0.4, 0.5) is 4.39 Å². The number of likely N-dealkylation sites (tertiary alicyclic amines) is 1. The minimum Gasteiger partial charge on any atom is -0.497 e. The number of aromatic nitrogens is 2. The van der Waals surface area contributed by atoms with Crippen molar-refractivity contribution in [3.05, 3.63) is 35.8 Å². The Bertz CT molecular complexity index is 749. The van der Waals surface area contributed by atoms with Gasteiger partial charge in [0.15, 0.2) is 0 Å². The number of carbonyl (C=O) groups is 1. The van der Waals surface area contributed by atoms with Crippen molar-refractivity contribution in [2.24, 2.45) is 13.0 Å². The number of halogens is 1. The fourth-order valence-corrected chi connectivity index (χ4v) is 3.00. The van der Waals surface area contributed by atoms with Gasteiger partial charge in [-0.15, -0.1) is 0 Å². The molecule has 1 saturated heterocycles. The molecular formula is C18H22FN3O2. The SMILES string of the molecule is COc1ccc(-c2cc(C(=O)N3CCC(C)CC3)n(C)n2)c(F)c1. The first-order chi connectivity index (χ1) is 11.5. The average molecular weight is 331 g/mol. The van der Waals surface area contributed by atoms with Crippen LogP contribution in [0.1, 0.15) is 30.3 Å². The van der Waals surface area contributed by atoms with E-state index in [0.717, 1.165) is 25.9 Å². The molecule has 0 aliphatic carbocycles. The van der Waals surface area contributed by atoms with E-state index in [1.807, 2.05) is 4.90 Å². The smallest absolute Gasteiger partial charge is 0.272 e. The van der Waals surface area contributed by atoms with Gasteiger partial charge in [0.2, 0.25) is 0 Å². The summed E-state index contributed by atoms with van der Waals surface area (Å²) in [5.74, 6) is 0.644. The van der Waals surface area contributed by atoms with Gasteiger partial charge >= 0.3 is 0 Å². The van der Waals surface area contributed by atoms with Gasteiger partial charge in [-0.05, 0) is 37.0 Å². The summed E-state index contributed by atoms with van der Waals surface area (Å²) >= 11 is 0. The zero-order chi connectivity index (χ0) is 17.3. The number of carbonyl (C=O) groups excluding carboxylic acids is 1. The molecule has 24 heavy (non-hydrogen) atoms. The molecule has 1 aromatic heterocycles. The van der Waals surface area contributed by atoms with E-state index >= 15 is 0 Å².